The van der Waals surface area contributed by atoms with Gasteiger partial charge in [-0.05, 0) is 50.5 Å². The minimum absolute atomic E-state index is 0.237. The second-order valence-corrected chi connectivity index (χ2v) is 8.43. The van der Waals surface area contributed by atoms with Crippen LogP contribution in [0.1, 0.15) is 50.4 Å². The lowest BCUT2D eigenvalue weighted by Gasteiger charge is -2.18. The number of benzene rings is 1. The fraction of sp³-hybridized carbons (Fsp3) is 0.375. The van der Waals surface area contributed by atoms with Crippen LogP contribution in [0.15, 0.2) is 30.5 Å². The highest BCUT2D eigenvalue weighted by atomic mass is 35.5. The molecule has 156 valence electrons. The van der Waals surface area contributed by atoms with Crippen molar-refractivity contribution in [2.45, 2.75) is 52.6 Å². The second kappa shape index (κ2) is 8.97. The van der Waals surface area contributed by atoms with Gasteiger partial charge >= 0.3 is 0 Å². The summed E-state index contributed by atoms with van der Waals surface area (Å²) in [6, 6.07) is 9.46. The van der Waals surface area contributed by atoms with E-state index in [2.05, 4.69) is 18.0 Å². The molecule has 4 nitrogen and oxygen atoms in total. The first-order valence-electron chi connectivity index (χ1n) is 10.0. The summed E-state index contributed by atoms with van der Waals surface area (Å²) in [6.07, 6.45) is 3.71. The van der Waals surface area contributed by atoms with Gasteiger partial charge in [0.2, 0.25) is 0 Å². The average Bonchev–Trinajstić information content (AvgIpc) is 2.68. The van der Waals surface area contributed by atoms with E-state index in [1.807, 2.05) is 25.1 Å². The number of ether oxygens (including phenoxy) is 1. The molecule has 2 aromatic heterocycles. The summed E-state index contributed by atoms with van der Waals surface area (Å²) in [7, 11) is 0. The normalized spacial score (nSPS) is 11.5. The van der Waals surface area contributed by atoms with Crippen LogP contribution < -0.4 is 4.74 Å². The number of rotatable bonds is 7. The Balaban J connectivity index is 2.14. The van der Waals surface area contributed by atoms with Gasteiger partial charge in [0, 0.05) is 29.3 Å². The third-order valence-electron chi connectivity index (χ3n) is 4.83. The number of unbranched alkanes of at least 4 members (excludes halogenated alkanes) is 1. The molecule has 0 saturated carbocycles. The quantitative estimate of drug-likeness (QED) is 0.400. The maximum absolute atomic E-state index is 14.1. The number of alkyl halides is 1. The Kier molecular flexibility index (Phi) is 6.58. The zero-order valence-electron chi connectivity index (χ0n) is 17.7. The van der Waals surface area contributed by atoms with Crippen molar-refractivity contribution in [3.63, 3.8) is 0 Å². The predicted octanol–water partition coefficient (Wildman–Crippen LogP) is 6.60. The Morgan fingerprint density at radius 3 is 2.70 bits per heavy atom. The highest BCUT2D eigenvalue weighted by Gasteiger charge is 2.20. The van der Waals surface area contributed by atoms with Gasteiger partial charge in [-0.1, -0.05) is 31.0 Å². The highest BCUT2D eigenvalue weighted by Crippen LogP contribution is 2.35. The summed E-state index contributed by atoms with van der Waals surface area (Å²) in [5, 5.41) is 10.6. The Morgan fingerprint density at radius 2 is 2.03 bits per heavy atom. The number of fused-ring (bicyclic) bond motifs is 1. The van der Waals surface area contributed by atoms with E-state index >= 15 is 0 Å². The number of aromatic nitrogens is 2. The van der Waals surface area contributed by atoms with Crippen molar-refractivity contribution in [1.82, 2.24) is 9.97 Å². The molecule has 1 aromatic carbocycles. The van der Waals surface area contributed by atoms with Crippen LogP contribution in [0, 0.1) is 18.3 Å². The molecule has 0 aliphatic heterocycles. The summed E-state index contributed by atoms with van der Waals surface area (Å²) < 4.78 is 20.1. The van der Waals surface area contributed by atoms with Crippen molar-refractivity contribution in [2.75, 3.05) is 6.61 Å². The lowest BCUT2D eigenvalue weighted by molar-refractivity contribution is 0.217. The van der Waals surface area contributed by atoms with Crippen LogP contribution in [0.25, 0.3) is 22.2 Å². The van der Waals surface area contributed by atoms with E-state index in [0.29, 0.717) is 34.0 Å². The topological polar surface area (TPSA) is 58.8 Å². The van der Waals surface area contributed by atoms with Crippen molar-refractivity contribution < 1.29 is 9.13 Å². The minimum atomic E-state index is -1.35. The number of pyridine rings is 2. The summed E-state index contributed by atoms with van der Waals surface area (Å²) in [5.74, 6) is 0.581. The van der Waals surface area contributed by atoms with Crippen LogP contribution in [0.5, 0.6) is 5.75 Å². The number of hydrogen-bond acceptors (Lipinski definition) is 4. The van der Waals surface area contributed by atoms with E-state index in [4.69, 9.17) is 21.3 Å². The van der Waals surface area contributed by atoms with Crippen LogP contribution >= 0.6 is 11.6 Å². The number of nitriles is 1. The molecule has 0 radical (unpaired) electrons. The number of nitrogens with zero attached hydrogens (tertiary/aromatic N) is 3. The Bertz CT molecular complexity index is 1120. The molecule has 0 spiro atoms. The molecule has 0 saturated heterocycles. The van der Waals surface area contributed by atoms with Crippen molar-refractivity contribution in [1.29, 1.82) is 5.26 Å². The molecule has 0 unspecified atom stereocenters. The largest absolute Gasteiger partial charge is 0.493 e. The molecule has 0 amide bonds. The molecule has 0 bridgehead atoms. The molecule has 2 heterocycles. The predicted molar refractivity (Wildman–Crippen MR) is 119 cm³/mol. The van der Waals surface area contributed by atoms with Crippen LogP contribution in [-0.2, 0) is 6.42 Å². The monoisotopic (exact) mass is 425 g/mol. The van der Waals surface area contributed by atoms with Crippen LogP contribution in [0.3, 0.4) is 0 Å². The van der Waals surface area contributed by atoms with Gasteiger partial charge in [-0.3, -0.25) is 0 Å². The first-order valence-corrected chi connectivity index (χ1v) is 10.4. The number of hydrogen-bond donors (Lipinski definition) is 0. The minimum Gasteiger partial charge on any atom is -0.493 e. The molecule has 0 atom stereocenters. The van der Waals surface area contributed by atoms with E-state index < -0.39 is 5.67 Å². The Morgan fingerprint density at radius 1 is 1.27 bits per heavy atom. The Labute approximate surface area is 181 Å². The van der Waals surface area contributed by atoms with Crippen LogP contribution in [0.2, 0.25) is 5.02 Å². The van der Waals surface area contributed by atoms with Gasteiger partial charge in [0.15, 0.2) is 5.69 Å². The molecular formula is C24H25ClFN3O. The first-order chi connectivity index (χ1) is 14.2. The van der Waals surface area contributed by atoms with Gasteiger partial charge in [0.1, 0.15) is 17.5 Å². The molecule has 3 rings (SSSR count). The van der Waals surface area contributed by atoms with Crippen molar-refractivity contribution in [2.24, 2.45) is 0 Å². The number of halogens is 2. The SMILES string of the molecule is CCCCOc1cc(-c2cc(Cl)c(CC(C)(C)F)cc2C)nc2ccnc(C#N)c12. The van der Waals surface area contributed by atoms with Crippen molar-refractivity contribution >= 4 is 22.5 Å². The maximum Gasteiger partial charge on any atom is 0.153 e. The summed E-state index contributed by atoms with van der Waals surface area (Å²) in [4.78, 5) is 8.90. The highest BCUT2D eigenvalue weighted by molar-refractivity contribution is 6.31. The fourth-order valence-corrected chi connectivity index (χ4v) is 3.65. The fourth-order valence-electron chi connectivity index (χ4n) is 3.41. The lowest BCUT2D eigenvalue weighted by atomic mass is 9.95. The van der Waals surface area contributed by atoms with Gasteiger partial charge in [0.05, 0.1) is 23.2 Å². The van der Waals surface area contributed by atoms with E-state index in [0.717, 1.165) is 29.5 Å². The van der Waals surface area contributed by atoms with E-state index in [-0.39, 0.29) is 12.1 Å². The third-order valence-corrected chi connectivity index (χ3v) is 5.18. The third kappa shape index (κ3) is 4.88. The smallest absolute Gasteiger partial charge is 0.153 e. The summed E-state index contributed by atoms with van der Waals surface area (Å²) >= 11 is 6.49. The van der Waals surface area contributed by atoms with Gasteiger partial charge in [-0.15, -0.1) is 0 Å². The van der Waals surface area contributed by atoms with Crippen LogP contribution in [-0.4, -0.2) is 22.2 Å². The number of aryl methyl sites for hydroxylation is 1. The van der Waals surface area contributed by atoms with E-state index in [1.165, 1.54) is 13.8 Å². The van der Waals surface area contributed by atoms with Gasteiger partial charge in [-0.25, -0.2) is 14.4 Å². The maximum atomic E-state index is 14.1. The summed E-state index contributed by atoms with van der Waals surface area (Å²) in [5.41, 5.74) is 2.82. The lowest BCUT2D eigenvalue weighted by Crippen LogP contribution is -2.16. The molecule has 6 heteroatoms. The average molecular weight is 426 g/mol. The standard InChI is InChI=1S/C24H25ClFN3O/c1-5-6-9-30-22-12-20(29-19-7-8-28-21(14-27)23(19)22)17-11-18(25)16(10-15(17)2)13-24(3,4)26/h7-8,10-12H,5-6,9,13H2,1-4H3. The molecule has 0 fully saturated rings. The van der Waals surface area contributed by atoms with E-state index in [1.54, 1.807) is 12.3 Å². The van der Waals surface area contributed by atoms with Gasteiger partial charge in [0.25, 0.3) is 0 Å². The zero-order valence-corrected chi connectivity index (χ0v) is 18.5. The first kappa shape index (κ1) is 22.0. The van der Waals surface area contributed by atoms with Gasteiger partial charge < -0.3 is 4.74 Å². The molecule has 0 N–H and O–H groups in total. The molecule has 3 aromatic rings. The molecule has 0 aliphatic carbocycles. The van der Waals surface area contributed by atoms with E-state index in [9.17, 15) is 9.65 Å². The van der Waals surface area contributed by atoms with Crippen LogP contribution in [0.4, 0.5) is 4.39 Å². The van der Waals surface area contributed by atoms with Crippen molar-refractivity contribution in [3.8, 4) is 23.1 Å². The zero-order chi connectivity index (χ0) is 21.9. The second-order valence-electron chi connectivity index (χ2n) is 8.03. The van der Waals surface area contributed by atoms with Gasteiger partial charge in [-0.2, -0.15) is 5.26 Å². The molecule has 30 heavy (non-hydrogen) atoms. The Hall–Kier alpha value is -2.71. The summed E-state index contributed by atoms with van der Waals surface area (Å²) in [6.45, 7) is 7.67. The molecular weight excluding hydrogens is 401 g/mol. The van der Waals surface area contributed by atoms with Crippen molar-refractivity contribution in [3.05, 3.63) is 52.3 Å². The molecule has 0 aliphatic rings.